The first-order chi connectivity index (χ1) is 9.69. The van der Waals surface area contributed by atoms with Gasteiger partial charge in [0.1, 0.15) is 24.7 Å². The SMILES string of the molecule is Cc1ccc(OCCOc2ccc(C#N)cc2)c(Br)c1. The molecule has 20 heavy (non-hydrogen) atoms. The molecule has 0 aromatic heterocycles. The van der Waals surface area contributed by atoms with Crippen LogP contribution in [0.4, 0.5) is 0 Å². The molecule has 0 atom stereocenters. The van der Waals surface area contributed by atoms with Crippen molar-refractivity contribution in [2.75, 3.05) is 13.2 Å². The van der Waals surface area contributed by atoms with E-state index in [1.807, 2.05) is 25.1 Å². The van der Waals surface area contributed by atoms with Gasteiger partial charge in [0.25, 0.3) is 0 Å². The third-order valence-corrected chi connectivity index (χ3v) is 3.30. The molecule has 0 saturated carbocycles. The smallest absolute Gasteiger partial charge is 0.133 e. The second-order valence-corrected chi connectivity index (χ2v) is 5.12. The van der Waals surface area contributed by atoms with E-state index in [9.17, 15) is 0 Å². The zero-order valence-electron chi connectivity index (χ0n) is 11.1. The summed E-state index contributed by atoms with van der Waals surface area (Å²) in [4.78, 5) is 0. The zero-order valence-corrected chi connectivity index (χ0v) is 12.7. The molecule has 0 spiro atoms. The first kappa shape index (κ1) is 14.4. The van der Waals surface area contributed by atoms with E-state index in [0.29, 0.717) is 18.8 Å². The van der Waals surface area contributed by atoms with Gasteiger partial charge in [-0.05, 0) is 64.8 Å². The van der Waals surface area contributed by atoms with Crippen molar-refractivity contribution >= 4 is 15.9 Å². The highest BCUT2D eigenvalue weighted by atomic mass is 79.9. The largest absolute Gasteiger partial charge is 0.490 e. The van der Waals surface area contributed by atoms with Crippen molar-refractivity contribution in [2.45, 2.75) is 6.92 Å². The molecule has 0 N–H and O–H groups in total. The molecule has 0 saturated heterocycles. The third-order valence-electron chi connectivity index (χ3n) is 2.68. The zero-order chi connectivity index (χ0) is 14.4. The molecule has 0 bridgehead atoms. The van der Waals surface area contributed by atoms with Crippen molar-refractivity contribution in [3.8, 4) is 17.6 Å². The van der Waals surface area contributed by atoms with Crippen LogP contribution < -0.4 is 9.47 Å². The van der Waals surface area contributed by atoms with Crippen LogP contribution in [0.25, 0.3) is 0 Å². The molecule has 0 amide bonds. The topological polar surface area (TPSA) is 42.2 Å². The number of benzene rings is 2. The summed E-state index contributed by atoms with van der Waals surface area (Å²) in [6.45, 7) is 2.94. The highest BCUT2D eigenvalue weighted by molar-refractivity contribution is 9.10. The maximum atomic E-state index is 8.70. The molecule has 0 fully saturated rings. The van der Waals surface area contributed by atoms with Crippen LogP contribution in [0, 0.1) is 18.3 Å². The van der Waals surface area contributed by atoms with Gasteiger partial charge in [0.15, 0.2) is 0 Å². The van der Waals surface area contributed by atoms with Crippen molar-refractivity contribution in [3.63, 3.8) is 0 Å². The molecule has 2 aromatic carbocycles. The van der Waals surface area contributed by atoms with Crippen LogP contribution in [0.15, 0.2) is 46.9 Å². The highest BCUT2D eigenvalue weighted by Gasteiger charge is 2.01. The molecule has 0 aliphatic heterocycles. The van der Waals surface area contributed by atoms with Gasteiger partial charge in [-0.1, -0.05) is 6.07 Å². The van der Waals surface area contributed by atoms with Gasteiger partial charge in [-0.3, -0.25) is 0 Å². The fraction of sp³-hybridized carbons (Fsp3) is 0.188. The minimum atomic E-state index is 0.451. The van der Waals surface area contributed by atoms with Crippen molar-refractivity contribution in [1.29, 1.82) is 5.26 Å². The van der Waals surface area contributed by atoms with E-state index in [2.05, 4.69) is 22.0 Å². The lowest BCUT2D eigenvalue weighted by Gasteiger charge is -2.10. The first-order valence-electron chi connectivity index (χ1n) is 6.21. The van der Waals surface area contributed by atoms with Gasteiger partial charge in [0.2, 0.25) is 0 Å². The van der Waals surface area contributed by atoms with Crippen LogP contribution in [0.1, 0.15) is 11.1 Å². The van der Waals surface area contributed by atoms with Crippen molar-refractivity contribution in [2.24, 2.45) is 0 Å². The number of hydrogen-bond donors (Lipinski definition) is 0. The van der Waals surface area contributed by atoms with Gasteiger partial charge in [0.05, 0.1) is 16.1 Å². The van der Waals surface area contributed by atoms with E-state index in [-0.39, 0.29) is 0 Å². The van der Waals surface area contributed by atoms with Crippen LogP contribution in [0.5, 0.6) is 11.5 Å². The Labute approximate surface area is 126 Å². The maximum Gasteiger partial charge on any atom is 0.133 e. The summed E-state index contributed by atoms with van der Waals surface area (Å²) >= 11 is 3.46. The van der Waals surface area contributed by atoms with Crippen LogP contribution in [0.3, 0.4) is 0 Å². The summed E-state index contributed by atoms with van der Waals surface area (Å²) in [6, 6.07) is 15.0. The van der Waals surface area contributed by atoms with Gasteiger partial charge in [0, 0.05) is 0 Å². The van der Waals surface area contributed by atoms with E-state index >= 15 is 0 Å². The molecule has 2 rings (SSSR count). The van der Waals surface area contributed by atoms with Crippen LogP contribution in [-0.2, 0) is 0 Å². The number of hydrogen-bond acceptors (Lipinski definition) is 3. The van der Waals surface area contributed by atoms with Gasteiger partial charge in [-0.15, -0.1) is 0 Å². The minimum absolute atomic E-state index is 0.451. The van der Waals surface area contributed by atoms with Crippen molar-refractivity contribution in [3.05, 3.63) is 58.1 Å². The number of aryl methyl sites for hydroxylation is 1. The summed E-state index contributed by atoms with van der Waals surface area (Å²) in [5.41, 5.74) is 1.80. The molecule has 0 heterocycles. The van der Waals surface area contributed by atoms with Gasteiger partial charge in [-0.25, -0.2) is 0 Å². The average Bonchev–Trinajstić information content (AvgIpc) is 2.46. The highest BCUT2D eigenvalue weighted by Crippen LogP contribution is 2.25. The normalized spacial score (nSPS) is 9.85. The summed E-state index contributed by atoms with van der Waals surface area (Å²) in [6.07, 6.45) is 0. The molecule has 0 aliphatic carbocycles. The van der Waals surface area contributed by atoms with Crippen LogP contribution >= 0.6 is 15.9 Å². The lowest BCUT2D eigenvalue weighted by Crippen LogP contribution is -2.09. The van der Waals surface area contributed by atoms with E-state index < -0.39 is 0 Å². The Kier molecular flexibility index (Phi) is 5.03. The number of nitrogens with zero attached hydrogens (tertiary/aromatic N) is 1. The fourth-order valence-electron chi connectivity index (χ4n) is 1.66. The molecular formula is C16H14BrNO2. The lowest BCUT2D eigenvalue weighted by atomic mass is 10.2. The van der Waals surface area contributed by atoms with E-state index in [1.165, 1.54) is 5.56 Å². The van der Waals surface area contributed by atoms with Gasteiger partial charge < -0.3 is 9.47 Å². The Morgan fingerprint density at radius 3 is 2.40 bits per heavy atom. The van der Waals surface area contributed by atoms with Crippen LogP contribution in [0.2, 0.25) is 0 Å². The Bertz CT molecular complexity index is 617. The average molecular weight is 332 g/mol. The third kappa shape index (κ3) is 4.01. The summed E-state index contributed by atoms with van der Waals surface area (Å²) < 4.78 is 12.1. The first-order valence-corrected chi connectivity index (χ1v) is 7.00. The van der Waals surface area contributed by atoms with E-state index in [4.69, 9.17) is 14.7 Å². The Balaban J connectivity index is 1.80. The number of nitriles is 1. The summed E-state index contributed by atoms with van der Waals surface area (Å²) in [5.74, 6) is 1.54. The van der Waals surface area contributed by atoms with Crippen molar-refractivity contribution in [1.82, 2.24) is 0 Å². The Morgan fingerprint density at radius 1 is 1.05 bits per heavy atom. The second-order valence-electron chi connectivity index (χ2n) is 4.27. The molecule has 0 unspecified atom stereocenters. The van der Waals surface area contributed by atoms with Crippen molar-refractivity contribution < 1.29 is 9.47 Å². The molecule has 0 aliphatic rings. The maximum absolute atomic E-state index is 8.70. The molecular weight excluding hydrogens is 318 g/mol. The molecule has 2 aromatic rings. The van der Waals surface area contributed by atoms with E-state index in [0.717, 1.165) is 16.0 Å². The summed E-state index contributed by atoms with van der Waals surface area (Å²) in [7, 11) is 0. The fourth-order valence-corrected chi connectivity index (χ4v) is 2.27. The molecule has 102 valence electrons. The quantitative estimate of drug-likeness (QED) is 0.775. The Hall–Kier alpha value is -1.99. The standard InChI is InChI=1S/C16H14BrNO2/c1-12-2-7-16(15(17)10-12)20-9-8-19-14-5-3-13(11-18)4-6-14/h2-7,10H,8-9H2,1H3. The number of rotatable bonds is 5. The van der Waals surface area contributed by atoms with E-state index in [1.54, 1.807) is 24.3 Å². The molecule has 3 nitrogen and oxygen atoms in total. The predicted molar refractivity (Wildman–Crippen MR) is 81.0 cm³/mol. The Morgan fingerprint density at radius 2 is 1.75 bits per heavy atom. The molecule has 0 radical (unpaired) electrons. The van der Waals surface area contributed by atoms with Gasteiger partial charge >= 0.3 is 0 Å². The van der Waals surface area contributed by atoms with Crippen LogP contribution in [-0.4, -0.2) is 13.2 Å². The second kappa shape index (κ2) is 6.97. The number of halogens is 1. The monoisotopic (exact) mass is 331 g/mol. The number of ether oxygens (including phenoxy) is 2. The van der Waals surface area contributed by atoms with Gasteiger partial charge in [-0.2, -0.15) is 5.26 Å². The minimum Gasteiger partial charge on any atom is -0.490 e. The predicted octanol–water partition coefficient (Wildman–Crippen LogP) is 4.09. The lowest BCUT2D eigenvalue weighted by molar-refractivity contribution is 0.216. The summed E-state index contributed by atoms with van der Waals surface area (Å²) in [5, 5.41) is 8.70. The molecule has 4 heteroatoms.